The summed E-state index contributed by atoms with van der Waals surface area (Å²) in [6, 6.07) is 8.24. The van der Waals surface area contributed by atoms with Gasteiger partial charge in [-0.05, 0) is 23.2 Å². The molecule has 2 aromatic rings. The molecule has 0 spiro atoms. The molecule has 1 aliphatic heterocycles. The Balaban J connectivity index is 1.86. The molecule has 104 valence electrons. The maximum absolute atomic E-state index is 12.6. The van der Waals surface area contributed by atoms with Crippen molar-refractivity contribution in [3.8, 4) is 5.88 Å². The highest BCUT2D eigenvalue weighted by Gasteiger charge is 2.24. The monoisotopic (exact) mass is 306 g/mol. The van der Waals surface area contributed by atoms with Gasteiger partial charge in [-0.15, -0.1) is 11.8 Å². The van der Waals surface area contributed by atoms with Crippen LogP contribution < -0.4 is 4.74 Å². The Bertz CT molecular complexity index is 627. The third kappa shape index (κ3) is 2.53. The minimum absolute atomic E-state index is 0.00657. The van der Waals surface area contributed by atoms with Crippen LogP contribution in [0.1, 0.15) is 15.9 Å². The van der Waals surface area contributed by atoms with Crippen molar-refractivity contribution in [3.63, 3.8) is 0 Å². The Kier molecular flexibility index (Phi) is 3.93. The molecule has 2 heterocycles. The minimum atomic E-state index is -0.00657. The molecule has 0 saturated heterocycles. The van der Waals surface area contributed by atoms with Crippen molar-refractivity contribution in [3.05, 3.63) is 40.8 Å². The van der Waals surface area contributed by atoms with Crippen molar-refractivity contribution in [2.75, 3.05) is 19.4 Å². The zero-order valence-electron chi connectivity index (χ0n) is 11.0. The molecule has 0 unspecified atom stereocenters. The van der Waals surface area contributed by atoms with Gasteiger partial charge in [-0.3, -0.25) is 4.79 Å². The van der Waals surface area contributed by atoms with E-state index in [-0.39, 0.29) is 5.91 Å². The fraction of sp³-hybridized carbons (Fsp3) is 0.286. The molecule has 0 atom stereocenters. The lowest BCUT2D eigenvalue weighted by atomic mass is 10.2. The fourth-order valence-corrected chi connectivity index (χ4v) is 3.84. The molecule has 0 bridgehead atoms. The van der Waals surface area contributed by atoms with Crippen LogP contribution in [0.5, 0.6) is 5.88 Å². The number of aromatic nitrogens is 1. The van der Waals surface area contributed by atoms with Gasteiger partial charge in [0.15, 0.2) is 0 Å². The van der Waals surface area contributed by atoms with Crippen LogP contribution in [0, 0.1) is 0 Å². The van der Waals surface area contributed by atoms with Gasteiger partial charge in [0.05, 0.1) is 7.11 Å². The Morgan fingerprint density at radius 3 is 3.10 bits per heavy atom. The van der Waals surface area contributed by atoms with Gasteiger partial charge in [0, 0.05) is 29.1 Å². The number of carbonyl (C=O) groups is 1. The van der Waals surface area contributed by atoms with Gasteiger partial charge in [0.25, 0.3) is 5.91 Å². The summed E-state index contributed by atoms with van der Waals surface area (Å²) in [7, 11) is 1.54. The molecule has 1 amide bonds. The van der Waals surface area contributed by atoms with E-state index in [9.17, 15) is 4.79 Å². The van der Waals surface area contributed by atoms with Crippen LogP contribution in [0.3, 0.4) is 0 Å². The average molecular weight is 306 g/mol. The number of hydrogen-bond acceptors (Lipinski definition) is 5. The topological polar surface area (TPSA) is 42.4 Å². The van der Waals surface area contributed by atoms with Crippen LogP contribution in [-0.4, -0.2) is 34.6 Å². The molecule has 1 aromatic heterocycles. The van der Waals surface area contributed by atoms with E-state index in [4.69, 9.17) is 4.74 Å². The zero-order valence-corrected chi connectivity index (χ0v) is 12.7. The second kappa shape index (κ2) is 5.85. The van der Waals surface area contributed by atoms with E-state index in [1.54, 1.807) is 24.3 Å². The molecular formula is C14H14N2O2S2. The van der Waals surface area contributed by atoms with Crippen molar-refractivity contribution in [1.29, 1.82) is 0 Å². The number of thioether (sulfide) groups is 1. The maximum atomic E-state index is 12.6. The number of nitrogens with zero attached hydrogens (tertiary/aromatic N) is 2. The standard InChI is InChI=1S/C14H14N2O2S2/c1-18-13-11(9-20-15-13)14(17)16-6-7-19-12-5-3-2-4-10(12)8-16/h2-5,9H,6-8H2,1H3. The summed E-state index contributed by atoms with van der Waals surface area (Å²) in [5, 5.41) is 1.76. The SMILES string of the molecule is COc1nscc1C(=O)N1CCSc2ccccc2C1. The molecule has 1 aliphatic rings. The highest BCUT2D eigenvalue weighted by molar-refractivity contribution is 7.99. The molecule has 6 heteroatoms. The highest BCUT2D eigenvalue weighted by atomic mass is 32.2. The Labute approximate surface area is 125 Å². The van der Waals surface area contributed by atoms with Gasteiger partial charge in [-0.1, -0.05) is 18.2 Å². The summed E-state index contributed by atoms with van der Waals surface area (Å²) >= 11 is 3.05. The lowest BCUT2D eigenvalue weighted by Gasteiger charge is -2.20. The van der Waals surface area contributed by atoms with Gasteiger partial charge in [-0.2, -0.15) is 4.37 Å². The first-order chi connectivity index (χ1) is 9.79. The molecular weight excluding hydrogens is 292 g/mol. The Hall–Kier alpha value is -1.53. The molecule has 20 heavy (non-hydrogen) atoms. The van der Waals surface area contributed by atoms with Crippen LogP contribution in [-0.2, 0) is 6.54 Å². The summed E-state index contributed by atoms with van der Waals surface area (Å²) in [5.74, 6) is 1.32. The first-order valence-electron chi connectivity index (χ1n) is 6.28. The largest absolute Gasteiger partial charge is 0.480 e. The quantitative estimate of drug-likeness (QED) is 0.855. The van der Waals surface area contributed by atoms with E-state index in [0.717, 1.165) is 12.3 Å². The molecule has 0 N–H and O–H groups in total. The van der Waals surface area contributed by atoms with E-state index in [0.29, 0.717) is 18.0 Å². The summed E-state index contributed by atoms with van der Waals surface area (Å²) in [5.41, 5.74) is 1.76. The minimum Gasteiger partial charge on any atom is -0.480 e. The Morgan fingerprint density at radius 2 is 2.25 bits per heavy atom. The second-order valence-corrected chi connectivity index (χ2v) is 6.19. The summed E-state index contributed by atoms with van der Waals surface area (Å²) in [4.78, 5) is 15.7. The lowest BCUT2D eigenvalue weighted by Crippen LogP contribution is -2.31. The first kappa shape index (κ1) is 13.5. The van der Waals surface area contributed by atoms with Crippen LogP contribution >= 0.6 is 23.3 Å². The van der Waals surface area contributed by atoms with Gasteiger partial charge in [0.2, 0.25) is 5.88 Å². The van der Waals surface area contributed by atoms with Crippen LogP contribution in [0.2, 0.25) is 0 Å². The van der Waals surface area contributed by atoms with E-state index < -0.39 is 0 Å². The van der Waals surface area contributed by atoms with Crippen LogP contribution in [0.4, 0.5) is 0 Å². The first-order valence-corrected chi connectivity index (χ1v) is 8.10. The Morgan fingerprint density at radius 1 is 1.40 bits per heavy atom. The molecule has 3 rings (SSSR count). The van der Waals surface area contributed by atoms with Crippen molar-refractivity contribution >= 4 is 29.2 Å². The molecule has 0 fully saturated rings. The maximum Gasteiger partial charge on any atom is 0.260 e. The number of fused-ring (bicyclic) bond motifs is 1. The summed E-state index contributed by atoms with van der Waals surface area (Å²) in [6.07, 6.45) is 0. The van der Waals surface area contributed by atoms with Gasteiger partial charge in [-0.25, -0.2) is 0 Å². The zero-order chi connectivity index (χ0) is 13.9. The number of amides is 1. The van der Waals surface area contributed by atoms with Gasteiger partial charge in [0.1, 0.15) is 5.56 Å². The molecule has 0 aliphatic carbocycles. The van der Waals surface area contributed by atoms with E-state index in [1.165, 1.54) is 22.0 Å². The number of methoxy groups -OCH3 is 1. The van der Waals surface area contributed by atoms with Crippen molar-refractivity contribution in [2.24, 2.45) is 0 Å². The van der Waals surface area contributed by atoms with Crippen molar-refractivity contribution in [2.45, 2.75) is 11.4 Å². The molecule has 0 saturated carbocycles. The smallest absolute Gasteiger partial charge is 0.260 e. The van der Waals surface area contributed by atoms with Gasteiger partial charge < -0.3 is 9.64 Å². The number of benzene rings is 1. The van der Waals surface area contributed by atoms with Crippen molar-refractivity contribution in [1.82, 2.24) is 9.27 Å². The number of hydrogen-bond donors (Lipinski definition) is 0. The number of ether oxygens (including phenoxy) is 1. The number of carbonyl (C=O) groups excluding carboxylic acids is 1. The molecule has 1 aromatic carbocycles. The fourth-order valence-electron chi connectivity index (χ4n) is 2.19. The molecule has 4 nitrogen and oxygen atoms in total. The predicted octanol–water partition coefficient (Wildman–Crippen LogP) is 2.90. The summed E-state index contributed by atoms with van der Waals surface area (Å²) in [6.45, 7) is 1.37. The summed E-state index contributed by atoms with van der Waals surface area (Å²) < 4.78 is 9.23. The van der Waals surface area contributed by atoms with Crippen molar-refractivity contribution < 1.29 is 9.53 Å². The lowest BCUT2D eigenvalue weighted by molar-refractivity contribution is 0.0751. The number of rotatable bonds is 2. The highest BCUT2D eigenvalue weighted by Crippen LogP contribution is 2.29. The third-order valence-electron chi connectivity index (χ3n) is 3.20. The third-order valence-corrected chi connectivity index (χ3v) is 4.91. The van der Waals surface area contributed by atoms with Gasteiger partial charge >= 0.3 is 0 Å². The van der Waals surface area contributed by atoms with Crippen LogP contribution in [0.15, 0.2) is 34.5 Å². The van der Waals surface area contributed by atoms with E-state index in [2.05, 4.69) is 16.5 Å². The second-order valence-electron chi connectivity index (χ2n) is 4.42. The van der Waals surface area contributed by atoms with Crippen LogP contribution in [0.25, 0.3) is 0 Å². The normalized spacial score (nSPS) is 14.6. The predicted molar refractivity (Wildman–Crippen MR) is 80.6 cm³/mol. The van der Waals surface area contributed by atoms with E-state index in [1.807, 2.05) is 17.0 Å². The molecule has 0 radical (unpaired) electrons. The average Bonchev–Trinajstić information content (AvgIpc) is 2.85. The van der Waals surface area contributed by atoms with E-state index >= 15 is 0 Å².